The van der Waals surface area contributed by atoms with Gasteiger partial charge >= 0.3 is 5.97 Å². The first-order valence-corrected chi connectivity index (χ1v) is 4.80. The van der Waals surface area contributed by atoms with Crippen molar-refractivity contribution in [3.8, 4) is 0 Å². The number of hydrogen-bond donors (Lipinski definition) is 2. The Hall–Kier alpha value is -1.27. The number of rotatable bonds is 2. The highest BCUT2D eigenvalue weighted by Gasteiger charge is 2.08. The predicted octanol–water partition coefficient (Wildman–Crippen LogP) is -0.541. The number of carbonyl (C=O) groups excluding carboxylic acids is 3. The number of ketones is 2. The predicted molar refractivity (Wildman–Crippen MR) is 55.7 cm³/mol. The highest BCUT2D eigenvalue weighted by atomic mass is 16.5. The van der Waals surface area contributed by atoms with Crippen LogP contribution in [0.1, 0.15) is 26.7 Å². The zero-order valence-corrected chi connectivity index (χ0v) is 9.56. The van der Waals surface area contributed by atoms with Crippen LogP contribution in [0.4, 0.5) is 0 Å². The topological polar surface area (TPSA) is 101 Å². The van der Waals surface area contributed by atoms with Crippen molar-refractivity contribution in [2.75, 3.05) is 19.8 Å². The van der Waals surface area contributed by atoms with E-state index in [1.165, 1.54) is 13.8 Å². The second kappa shape index (κ2) is 11.8. The van der Waals surface area contributed by atoms with Crippen molar-refractivity contribution in [3.63, 3.8) is 0 Å². The lowest BCUT2D eigenvalue weighted by Gasteiger charge is -1.81. The third-order valence-electron chi connectivity index (χ3n) is 1.23. The molecule has 0 amide bonds. The molecular formula is C10H18O6. The second-order valence-electron chi connectivity index (χ2n) is 3.04. The SMILES string of the molecule is CC(=O)CO.CC(=O)CO.O=C1CCCO1. The lowest BCUT2D eigenvalue weighted by Crippen LogP contribution is -1.93. The smallest absolute Gasteiger partial charge is 0.305 e. The lowest BCUT2D eigenvalue weighted by molar-refractivity contribution is -0.138. The van der Waals surface area contributed by atoms with E-state index in [4.69, 9.17) is 10.2 Å². The van der Waals surface area contributed by atoms with Crippen molar-refractivity contribution in [1.29, 1.82) is 0 Å². The third-order valence-corrected chi connectivity index (χ3v) is 1.23. The summed E-state index contributed by atoms with van der Waals surface area (Å²) in [6.45, 7) is 2.64. The van der Waals surface area contributed by atoms with Gasteiger partial charge in [0.15, 0.2) is 11.6 Å². The van der Waals surface area contributed by atoms with E-state index in [9.17, 15) is 14.4 Å². The molecule has 1 fully saturated rings. The molecule has 6 heteroatoms. The van der Waals surface area contributed by atoms with Crippen molar-refractivity contribution in [2.24, 2.45) is 0 Å². The van der Waals surface area contributed by atoms with E-state index in [0.29, 0.717) is 13.0 Å². The van der Waals surface area contributed by atoms with Gasteiger partial charge in [0.2, 0.25) is 0 Å². The van der Waals surface area contributed by atoms with Gasteiger partial charge in [0.25, 0.3) is 0 Å². The van der Waals surface area contributed by atoms with Gasteiger partial charge < -0.3 is 14.9 Å². The lowest BCUT2D eigenvalue weighted by atomic mass is 10.4. The van der Waals surface area contributed by atoms with E-state index < -0.39 is 0 Å². The number of ether oxygens (including phenoxy) is 1. The van der Waals surface area contributed by atoms with Crippen molar-refractivity contribution >= 4 is 17.5 Å². The number of aliphatic hydroxyl groups excluding tert-OH is 2. The Morgan fingerprint density at radius 1 is 1.19 bits per heavy atom. The Kier molecular flexibility index (Phi) is 12.6. The van der Waals surface area contributed by atoms with Crippen LogP contribution in [0.25, 0.3) is 0 Å². The third kappa shape index (κ3) is 18.5. The summed E-state index contributed by atoms with van der Waals surface area (Å²) in [7, 11) is 0. The summed E-state index contributed by atoms with van der Waals surface area (Å²) in [4.78, 5) is 29.1. The monoisotopic (exact) mass is 234 g/mol. The average molecular weight is 234 g/mol. The fourth-order valence-electron chi connectivity index (χ4n) is 0.475. The van der Waals surface area contributed by atoms with Crippen LogP contribution < -0.4 is 0 Å². The van der Waals surface area contributed by atoms with Crippen LogP contribution in [0.15, 0.2) is 0 Å². The maximum absolute atomic E-state index is 10.0. The summed E-state index contributed by atoms with van der Waals surface area (Å²) in [6.07, 6.45) is 1.54. The molecule has 0 atom stereocenters. The number of hydrogen-bond acceptors (Lipinski definition) is 6. The minimum atomic E-state index is -0.333. The van der Waals surface area contributed by atoms with Crippen LogP contribution in [0, 0.1) is 0 Å². The summed E-state index contributed by atoms with van der Waals surface area (Å²) in [6, 6.07) is 0. The molecule has 94 valence electrons. The van der Waals surface area contributed by atoms with Gasteiger partial charge in [-0.05, 0) is 20.3 Å². The van der Waals surface area contributed by atoms with Crippen molar-refractivity contribution in [3.05, 3.63) is 0 Å². The number of esters is 1. The molecule has 0 aromatic rings. The van der Waals surface area contributed by atoms with Crippen molar-refractivity contribution in [1.82, 2.24) is 0 Å². The quantitative estimate of drug-likeness (QED) is 0.622. The summed E-state index contributed by atoms with van der Waals surface area (Å²) >= 11 is 0. The maximum Gasteiger partial charge on any atom is 0.305 e. The number of Topliss-reactive ketones (excluding diaryl/α,β-unsaturated/α-hetero) is 2. The van der Waals surface area contributed by atoms with Crippen LogP contribution in [0.2, 0.25) is 0 Å². The van der Waals surface area contributed by atoms with Gasteiger partial charge in [-0.1, -0.05) is 0 Å². The first-order chi connectivity index (χ1) is 7.43. The number of aliphatic hydroxyl groups is 2. The zero-order valence-electron chi connectivity index (χ0n) is 9.56. The molecule has 16 heavy (non-hydrogen) atoms. The first-order valence-electron chi connectivity index (χ1n) is 4.80. The van der Waals surface area contributed by atoms with Crippen molar-refractivity contribution in [2.45, 2.75) is 26.7 Å². The van der Waals surface area contributed by atoms with E-state index >= 15 is 0 Å². The highest BCUT2D eigenvalue weighted by molar-refractivity contribution is 5.76. The van der Waals surface area contributed by atoms with Gasteiger partial charge in [-0.3, -0.25) is 14.4 Å². The molecule has 1 aliphatic rings. The van der Waals surface area contributed by atoms with Crippen LogP contribution in [-0.2, 0) is 19.1 Å². The fraction of sp³-hybridized carbons (Fsp3) is 0.700. The van der Waals surface area contributed by atoms with Gasteiger partial charge in [-0.15, -0.1) is 0 Å². The molecule has 0 aromatic carbocycles. The van der Waals surface area contributed by atoms with Gasteiger partial charge in [-0.25, -0.2) is 0 Å². The van der Waals surface area contributed by atoms with Crippen LogP contribution >= 0.6 is 0 Å². The Morgan fingerprint density at radius 2 is 1.56 bits per heavy atom. The molecule has 6 nitrogen and oxygen atoms in total. The largest absolute Gasteiger partial charge is 0.466 e. The summed E-state index contributed by atoms with van der Waals surface area (Å²) in [5.41, 5.74) is 0. The molecule has 0 saturated carbocycles. The molecule has 0 radical (unpaired) electrons. The van der Waals surface area contributed by atoms with E-state index in [1.54, 1.807) is 0 Å². The molecule has 1 aliphatic heterocycles. The van der Waals surface area contributed by atoms with E-state index in [-0.39, 0.29) is 30.7 Å². The van der Waals surface area contributed by atoms with Crippen LogP contribution in [0.3, 0.4) is 0 Å². The summed E-state index contributed by atoms with van der Waals surface area (Å²) in [5.74, 6) is -0.426. The zero-order chi connectivity index (χ0) is 13.0. The number of cyclic esters (lactones) is 1. The Bertz CT molecular complexity index is 201. The van der Waals surface area contributed by atoms with Gasteiger partial charge in [-0.2, -0.15) is 0 Å². The Morgan fingerprint density at radius 3 is 1.62 bits per heavy atom. The minimum Gasteiger partial charge on any atom is -0.466 e. The van der Waals surface area contributed by atoms with E-state index in [0.717, 1.165) is 6.42 Å². The fourth-order valence-corrected chi connectivity index (χ4v) is 0.475. The highest BCUT2D eigenvalue weighted by Crippen LogP contribution is 2.01. The van der Waals surface area contributed by atoms with Crippen LogP contribution in [-0.4, -0.2) is 47.6 Å². The molecule has 1 heterocycles. The molecule has 0 unspecified atom stereocenters. The molecule has 1 rings (SSSR count). The second-order valence-corrected chi connectivity index (χ2v) is 3.04. The number of carbonyl (C=O) groups is 3. The molecule has 0 aromatic heterocycles. The van der Waals surface area contributed by atoms with E-state index in [1.807, 2.05) is 0 Å². The molecule has 0 spiro atoms. The maximum atomic E-state index is 10.0. The normalized spacial score (nSPS) is 12.6. The minimum absolute atomic E-state index is 0.0463. The average Bonchev–Trinajstić information content (AvgIpc) is 2.71. The molecule has 0 aliphatic carbocycles. The Balaban J connectivity index is 0. The molecular weight excluding hydrogens is 216 g/mol. The molecule has 2 N–H and O–H groups in total. The Labute approximate surface area is 94.2 Å². The standard InChI is InChI=1S/C4H6O2.2C3H6O2/c5-4-2-1-3-6-4;2*1-3(5)2-4/h1-3H2;2*4H,2H2,1H3. The van der Waals surface area contributed by atoms with Gasteiger partial charge in [0.1, 0.15) is 13.2 Å². The van der Waals surface area contributed by atoms with Crippen molar-refractivity contribution < 1.29 is 29.3 Å². The molecule has 0 bridgehead atoms. The molecule has 1 saturated heterocycles. The summed E-state index contributed by atoms with van der Waals surface area (Å²) < 4.78 is 4.51. The first kappa shape index (κ1) is 17.1. The van der Waals surface area contributed by atoms with Gasteiger partial charge in [0, 0.05) is 6.42 Å². The van der Waals surface area contributed by atoms with Gasteiger partial charge in [0.05, 0.1) is 6.61 Å². The van der Waals surface area contributed by atoms with Crippen LogP contribution in [0.5, 0.6) is 0 Å². The summed E-state index contributed by atoms with van der Waals surface area (Å²) in [5, 5.41) is 15.6. The van der Waals surface area contributed by atoms with E-state index in [2.05, 4.69) is 4.74 Å².